The van der Waals surface area contributed by atoms with Crippen LogP contribution in [0.2, 0.25) is 0 Å². The maximum absolute atomic E-state index is 13.2. The highest BCUT2D eigenvalue weighted by Crippen LogP contribution is 2.26. The standard InChI is InChI=1S/C25H33N3O3S2/c1-19-6-8-21(18-27-12-14-32-15-13-27)16-23(19)26-25(29)22-9-7-20(2)24(17-22)33(30,31)28-10-4-3-5-11-28/h6-9,16-17H,3-5,10-15,18H2,1-2H3,(H,26,29). The van der Waals surface area contributed by atoms with Crippen molar-refractivity contribution in [1.82, 2.24) is 9.21 Å². The van der Waals surface area contributed by atoms with Crippen molar-refractivity contribution in [2.45, 2.75) is 44.6 Å². The quantitative estimate of drug-likeness (QED) is 0.659. The predicted molar refractivity (Wildman–Crippen MR) is 136 cm³/mol. The van der Waals surface area contributed by atoms with Gasteiger partial charge < -0.3 is 5.32 Å². The van der Waals surface area contributed by atoms with Crippen LogP contribution in [0, 0.1) is 13.8 Å². The number of sulfonamides is 1. The Balaban J connectivity index is 1.53. The Kier molecular flexibility index (Phi) is 7.79. The summed E-state index contributed by atoms with van der Waals surface area (Å²) in [4.78, 5) is 15.8. The lowest BCUT2D eigenvalue weighted by Crippen LogP contribution is -2.36. The zero-order chi connectivity index (χ0) is 23.4. The number of benzene rings is 2. The Morgan fingerprint density at radius 3 is 2.36 bits per heavy atom. The molecule has 2 heterocycles. The third-order valence-corrected chi connectivity index (χ3v) is 9.43. The minimum absolute atomic E-state index is 0.227. The molecule has 0 aromatic heterocycles. The number of carbonyl (C=O) groups excluding carboxylic acids is 1. The molecule has 2 saturated heterocycles. The van der Waals surface area contributed by atoms with E-state index in [1.165, 1.54) is 11.6 Å². The Morgan fingerprint density at radius 1 is 0.939 bits per heavy atom. The van der Waals surface area contributed by atoms with Gasteiger partial charge in [-0.2, -0.15) is 16.1 Å². The highest BCUT2D eigenvalue weighted by molar-refractivity contribution is 7.99. The molecule has 4 rings (SSSR count). The summed E-state index contributed by atoms with van der Waals surface area (Å²) < 4.78 is 28.0. The average molecular weight is 488 g/mol. The molecular formula is C25H33N3O3S2. The Hall–Kier alpha value is -1.87. The number of nitrogens with one attached hydrogen (secondary N) is 1. The van der Waals surface area contributed by atoms with Crippen LogP contribution < -0.4 is 5.32 Å². The van der Waals surface area contributed by atoms with Gasteiger partial charge in [0.25, 0.3) is 5.91 Å². The number of rotatable bonds is 6. The molecule has 0 bridgehead atoms. The van der Waals surface area contributed by atoms with Gasteiger partial charge in [-0.1, -0.05) is 24.6 Å². The molecule has 1 amide bonds. The highest BCUT2D eigenvalue weighted by Gasteiger charge is 2.28. The molecule has 6 nitrogen and oxygen atoms in total. The van der Waals surface area contributed by atoms with E-state index in [1.807, 2.05) is 30.8 Å². The topological polar surface area (TPSA) is 69.7 Å². The van der Waals surface area contributed by atoms with Gasteiger partial charge in [-0.15, -0.1) is 0 Å². The molecule has 0 atom stereocenters. The number of piperidine rings is 1. The number of thioether (sulfide) groups is 1. The minimum atomic E-state index is -3.61. The van der Waals surface area contributed by atoms with E-state index < -0.39 is 10.0 Å². The summed E-state index contributed by atoms with van der Waals surface area (Å²) in [5, 5.41) is 3.01. The molecule has 2 aromatic carbocycles. The van der Waals surface area contributed by atoms with E-state index in [9.17, 15) is 13.2 Å². The largest absolute Gasteiger partial charge is 0.322 e. The molecule has 0 unspecified atom stereocenters. The second-order valence-electron chi connectivity index (χ2n) is 8.94. The Morgan fingerprint density at radius 2 is 1.64 bits per heavy atom. The summed E-state index contributed by atoms with van der Waals surface area (Å²) >= 11 is 1.99. The molecule has 2 aliphatic heterocycles. The van der Waals surface area contributed by atoms with Crippen molar-refractivity contribution in [2.24, 2.45) is 0 Å². The van der Waals surface area contributed by atoms with Crippen molar-refractivity contribution in [3.63, 3.8) is 0 Å². The van der Waals surface area contributed by atoms with E-state index in [1.54, 1.807) is 23.4 Å². The van der Waals surface area contributed by atoms with Crippen molar-refractivity contribution in [2.75, 3.05) is 43.0 Å². The fraction of sp³-hybridized carbons (Fsp3) is 0.480. The van der Waals surface area contributed by atoms with Crippen LogP contribution >= 0.6 is 11.8 Å². The van der Waals surface area contributed by atoms with E-state index >= 15 is 0 Å². The van der Waals surface area contributed by atoms with Gasteiger partial charge in [0.15, 0.2) is 0 Å². The molecule has 33 heavy (non-hydrogen) atoms. The van der Waals surface area contributed by atoms with Crippen LogP contribution in [-0.2, 0) is 16.6 Å². The smallest absolute Gasteiger partial charge is 0.255 e. The van der Waals surface area contributed by atoms with Gasteiger partial charge in [-0.25, -0.2) is 8.42 Å². The molecule has 2 aliphatic rings. The van der Waals surface area contributed by atoms with Crippen LogP contribution in [0.25, 0.3) is 0 Å². The highest BCUT2D eigenvalue weighted by atomic mass is 32.2. The number of amides is 1. The summed E-state index contributed by atoms with van der Waals surface area (Å²) in [6.45, 7) is 7.87. The van der Waals surface area contributed by atoms with E-state index in [2.05, 4.69) is 16.3 Å². The van der Waals surface area contributed by atoms with Gasteiger partial charge in [-0.3, -0.25) is 9.69 Å². The van der Waals surface area contributed by atoms with Crippen LogP contribution in [0.5, 0.6) is 0 Å². The van der Waals surface area contributed by atoms with Gasteiger partial charge in [0.1, 0.15) is 0 Å². The first-order chi connectivity index (χ1) is 15.8. The van der Waals surface area contributed by atoms with Gasteiger partial charge in [-0.05, 0) is 61.6 Å². The van der Waals surface area contributed by atoms with Crippen LogP contribution in [-0.4, -0.2) is 61.2 Å². The number of aryl methyl sites for hydroxylation is 2. The van der Waals surface area contributed by atoms with E-state index in [0.29, 0.717) is 24.2 Å². The van der Waals surface area contributed by atoms with Crippen molar-refractivity contribution in [3.8, 4) is 0 Å². The van der Waals surface area contributed by atoms with Crippen molar-refractivity contribution in [1.29, 1.82) is 0 Å². The Bertz CT molecular complexity index is 1110. The molecule has 1 N–H and O–H groups in total. The summed E-state index contributed by atoms with van der Waals surface area (Å²) in [5.74, 6) is 2.02. The lowest BCUT2D eigenvalue weighted by atomic mass is 10.1. The number of hydrogen-bond donors (Lipinski definition) is 1. The second kappa shape index (κ2) is 10.6. The summed E-state index contributed by atoms with van der Waals surface area (Å²) in [6, 6.07) is 11.1. The number of anilines is 1. The monoisotopic (exact) mass is 487 g/mol. The van der Waals surface area contributed by atoms with Crippen LogP contribution in [0.3, 0.4) is 0 Å². The normalized spacial score (nSPS) is 18.2. The number of carbonyl (C=O) groups is 1. The average Bonchev–Trinajstić information content (AvgIpc) is 2.82. The first-order valence-electron chi connectivity index (χ1n) is 11.7. The molecule has 8 heteroatoms. The molecule has 0 radical (unpaired) electrons. The van der Waals surface area contributed by atoms with Gasteiger partial charge in [0.2, 0.25) is 10.0 Å². The minimum Gasteiger partial charge on any atom is -0.322 e. The summed E-state index contributed by atoms with van der Waals surface area (Å²) in [5.41, 5.74) is 3.93. The van der Waals surface area contributed by atoms with E-state index in [4.69, 9.17) is 0 Å². The summed E-state index contributed by atoms with van der Waals surface area (Å²) in [7, 11) is -3.61. The maximum Gasteiger partial charge on any atom is 0.255 e. The predicted octanol–water partition coefficient (Wildman–Crippen LogP) is 4.28. The molecule has 178 valence electrons. The van der Waals surface area contributed by atoms with Crippen LogP contribution in [0.4, 0.5) is 5.69 Å². The fourth-order valence-corrected chi connectivity index (χ4v) is 7.12. The number of hydrogen-bond acceptors (Lipinski definition) is 5. The molecule has 2 aromatic rings. The molecule has 0 aliphatic carbocycles. The van der Waals surface area contributed by atoms with E-state index in [0.717, 1.165) is 61.7 Å². The third-order valence-electron chi connectivity index (χ3n) is 6.44. The van der Waals surface area contributed by atoms with Gasteiger partial charge >= 0.3 is 0 Å². The maximum atomic E-state index is 13.2. The zero-order valence-electron chi connectivity index (χ0n) is 19.5. The second-order valence-corrected chi connectivity index (χ2v) is 12.1. The van der Waals surface area contributed by atoms with Gasteiger partial charge in [0.05, 0.1) is 4.90 Å². The number of nitrogens with zero attached hydrogens (tertiary/aromatic N) is 2. The lowest BCUT2D eigenvalue weighted by molar-refractivity contribution is 0.102. The summed E-state index contributed by atoms with van der Waals surface area (Å²) in [6.07, 6.45) is 2.82. The lowest BCUT2D eigenvalue weighted by Gasteiger charge is -2.26. The molecule has 0 spiro atoms. The third kappa shape index (κ3) is 5.80. The Labute approximate surface area is 201 Å². The van der Waals surface area contributed by atoms with Crippen molar-refractivity contribution < 1.29 is 13.2 Å². The molecule has 2 fully saturated rings. The van der Waals surface area contributed by atoms with Crippen molar-refractivity contribution in [3.05, 3.63) is 58.7 Å². The van der Waals surface area contributed by atoms with Crippen LogP contribution in [0.15, 0.2) is 41.3 Å². The molecular weight excluding hydrogens is 454 g/mol. The zero-order valence-corrected chi connectivity index (χ0v) is 21.1. The SMILES string of the molecule is Cc1ccc(CN2CCSCC2)cc1NC(=O)c1ccc(C)c(S(=O)(=O)N2CCCCC2)c1. The molecule has 0 saturated carbocycles. The van der Waals surface area contributed by atoms with Crippen molar-refractivity contribution >= 4 is 33.4 Å². The van der Waals surface area contributed by atoms with E-state index in [-0.39, 0.29) is 10.8 Å². The first kappa shape index (κ1) is 24.3. The van der Waals surface area contributed by atoms with Crippen LogP contribution in [0.1, 0.15) is 46.3 Å². The van der Waals surface area contributed by atoms with Gasteiger partial charge in [0, 0.05) is 55.5 Å². The fourth-order valence-electron chi connectivity index (χ4n) is 4.38. The first-order valence-corrected chi connectivity index (χ1v) is 14.3.